The molecule has 0 atom stereocenters. The molecule has 11 heteroatoms. The highest BCUT2D eigenvalue weighted by Crippen LogP contribution is 2.50. The molecule has 1 N–H and O–H groups in total. The van der Waals surface area contributed by atoms with Gasteiger partial charge in [0.15, 0.2) is 0 Å². The van der Waals surface area contributed by atoms with Crippen LogP contribution in [0.1, 0.15) is 11.1 Å². The van der Waals surface area contributed by atoms with Gasteiger partial charge in [0.1, 0.15) is 0 Å². The lowest BCUT2D eigenvalue weighted by atomic mass is 9.92. The Morgan fingerprint density at radius 2 is 1.08 bits per heavy atom. The normalized spacial score (nSPS) is 12.8. The maximum absolute atomic E-state index is 13.5. The molecule has 0 fully saturated rings. The van der Waals surface area contributed by atoms with E-state index in [-0.39, 0.29) is 17.1 Å². The monoisotopic (exact) mass is 565 g/mol. The maximum Gasteiger partial charge on any atom is 0.430 e. The molecule has 0 aliphatic carbocycles. The number of anilines is 1. The first-order valence-electron chi connectivity index (χ1n) is 11.4. The summed E-state index contributed by atoms with van der Waals surface area (Å²) in [6.45, 7) is -0.269. The summed E-state index contributed by atoms with van der Waals surface area (Å²) in [6, 6.07) is 25.9. The smallest absolute Gasteiger partial charge is 0.369 e. The van der Waals surface area contributed by atoms with Gasteiger partial charge >= 0.3 is 12.4 Å². The van der Waals surface area contributed by atoms with Crippen molar-refractivity contribution in [2.75, 3.05) is 4.31 Å². The zero-order valence-corrected chi connectivity index (χ0v) is 20.8. The second-order valence-electron chi connectivity index (χ2n) is 8.64. The molecule has 4 aromatic carbocycles. The number of halogens is 6. The molecule has 0 heterocycles. The van der Waals surface area contributed by atoms with E-state index in [1.165, 1.54) is 24.3 Å². The van der Waals surface area contributed by atoms with E-state index >= 15 is 0 Å². The Kier molecular flexibility index (Phi) is 7.50. The molecular weight excluding hydrogens is 544 g/mol. The highest BCUT2D eigenvalue weighted by molar-refractivity contribution is 7.92. The largest absolute Gasteiger partial charge is 0.430 e. The van der Waals surface area contributed by atoms with Crippen LogP contribution in [0.4, 0.5) is 32.0 Å². The Labute approximate surface area is 220 Å². The third kappa shape index (κ3) is 5.50. The molecule has 0 radical (unpaired) electrons. The predicted molar refractivity (Wildman–Crippen MR) is 134 cm³/mol. The van der Waals surface area contributed by atoms with Crippen LogP contribution in [-0.2, 0) is 22.2 Å². The van der Waals surface area contributed by atoms with Gasteiger partial charge < -0.3 is 5.11 Å². The molecule has 0 spiro atoms. The third-order valence-electron chi connectivity index (χ3n) is 6.11. The van der Waals surface area contributed by atoms with Crippen LogP contribution in [0.25, 0.3) is 11.1 Å². The summed E-state index contributed by atoms with van der Waals surface area (Å²) >= 11 is 0. The lowest BCUT2D eigenvalue weighted by Gasteiger charge is -2.33. The van der Waals surface area contributed by atoms with E-state index < -0.39 is 33.5 Å². The van der Waals surface area contributed by atoms with Crippen molar-refractivity contribution < 1.29 is 39.9 Å². The SMILES string of the molecule is O=S(=O)(c1ccccc1)N(Cc1ccc(-c2ccccc2)cc1)c1ccc(C(O)(C(F)(F)F)C(F)(F)F)cc1. The van der Waals surface area contributed by atoms with Crippen molar-refractivity contribution in [2.24, 2.45) is 0 Å². The molecule has 0 saturated heterocycles. The molecular formula is C28H21F6NO3S. The molecule has 0 amide bonds. The van der Waals surface area contributed by atoms with Gasteiger partial charge in [-0.3, -0.25) is 4.31 Å². The number of alkyl halides is 6. The van der Waals surface area contributed by atoms with Crippen molar-refractivity contribution in [3.8, 4) is 11.1 Å². The fraction of sp³-hybridized carbons (Fsp3) is 0.143. The van der Waals surface area contributed by atoms with Crippen molar-refractivity contribution in [3.05, 3.63) is 120 Å². The average Bonchev–Trinajstić information content (AvgIpc) is 2.91. The van der Waals surface area contributed by atoms with Gasteiger partial charge in [0, 0.05) is 5.56 Å². The van der Waals surface area contributed by atoms with Gasteiger partial charge in [0.2, 0.25) is 0 Å². The summed E-state index contributed by atoms with van der Waals surface area (Å²) in [5.41, 5.74) is -4.51. The minimum Gasteiger partial charge on any atom is -0.369 e. The van der Waals surface area contributed by atoms with Crippen LogP contribution in [0.2, 0.25) is 0 Å². The molecule has 204 valence electrons. The van der Waals surface area contributed by atoms with Gasteiger partial charge in [-0.1, -0.05) is 84.9 Å². The van der Waals surface area contributed by atoms with Crippen molar-refractivity contribution in [1.82, 2.24) is 0 Å². The van der Waals surface area contributed by atoms with E-state index in [9.17, 15) is 39.9 Å². The molecule has 0 aromatic heterocycles. The van der Waals surface area contributed by atoms with Crippen LogP contribution >= 0.6 is 0 Å². The van der Waals surface area contributed by atoms with E-state index in [0.29, 0.717) is 17.7 Å². The number of rotatable bonds is 7. The molecule has 0 unspecified atom stereocenters. The number of nitrogens with zero attached hydrogens (tertiary/aromatic N) is 1. The molecule has 0 saturated carbocycles. The first-order valence-corrected chi connectivity index (χ1v) is 12.9. The van der Waals surface area contributed by atoms with Gasteiger partial charge in [-0.15, -0.1) is 0 Å². The van der Waals surface area contributed by atoms with E-state index in [2.05, 4.69) is 0 Å². The number of hydrogen-bond donors (Lipinski definition) is 1. The fourth-order valence-electron chi connectivity index (χ4n) is 3.99. The zero-order valence-electron chi connectivity index (χ0n) is 20.0. The van der Waals surface area contributed by atoms with Crippen LogP contribution < -0.4 is 4.31 Å². The Morgan fingerprint density at radius 3 is 1.56 bits per heavy atom. The molecule has 4 aromatic rings. The van der Waals surface area contributed by atoms with Crippen molar-refractivity contribution in [2.45, 2.75) is 29.4 Å². The summed E-state index contributed by atoms with van der Waals surface area (Å²) in [5.74, 6) is 0. The molecule has 39 heavy (non-hydrogen) atoms. The van der Waals surface area contributed by atoms with Crippen LogP contribution in [0.5, 0.6) is 0 Å². The standard InChI is InChI=1S/C28H21F6NO3S/c29-27(30,31)26(36,28(32,33)34)23-15-17-24(18-16-23)35(39(37,38)25-9-5-2-6-10-25)19-20-11-13-22(14-12-20)21-7-3-1-4-8-21/h1-18,36H,19H2. The summed E-state index contributed by atoms with van der Waals surface area (Å²) in [7, 11) is -4.29. The molecule has 0 aliphatic heterocycles. The molecule has 4 rings (SSSR count). The Balaban J connectivity index is 1.75. The third-order valence-corrected chi connectivity index (χ3v) is 7.90. The van der Waals surface area contributed by atoms with Gasteiger partial charge in [-0.25, -0.2) is 8.42 Å². The molecule has 0 aliphatic rings. The summed E-state index contributed by atoms with van der Waals surface area (Å²) < 4.78 is 108. The van der Waals surface area contributed by atoms with Gasteiger partial charge in [0.05, 0.1) is 17.1 Å². The Hall–Kier alpha value is -3.83. The van der Waals surface area contributed by atoms with Crippen LogP contribution in [0.15, 0.2) is 114 Å². The van der Waals surface area contributed by atoms with Crippen LogP contribution in [-0.4, -0.2) is 25.9 Å². The van der Waals surface area contributed by atoms with Gasteiger partial charge in [-0.05, 0) is 41.0 Å². The average molecular weight is 566 g/mol. The topological polar surface area (TPSA) is 57.6 Å². The highest BCUT2D eigenvalue weighted by Gasteiger charge is 2.71. The van der Waals surface area contributed by atoms with Crippen molar-refractivity contribution >= 4 is 15.7 Å². The Bertz CT molecular complexity index is 1490. The first kappa shape index (κ1) is 28.2. The fourth-order valence-corrected chi connectivity index (χ4v) is 5.46. The van der Waals surface area contributed by atoms with E-state index in [4.69, 9.17) is 0 Å². The lowest BCUT2D eigenvalue weighted by molar-refractivity contribution is -0.376. The molecule has 0 bridgehead atoms. The summed E-state index contributed by atoms with van der Waals surface area (Å²) in [6.07, 6.45) is -12.1. The Morgan fingerprint density at radius 1 is 0.615 bits per heavy atom. The highest BCUT2D eigenvalue weighted by atomic mass is 32.2. The minimum absolute atomic E-state index is 0.128. The number of aliphatic hydroxyl groups is 1. The van der Waals surface area contributed by atoms with Crippen LogP contribution in [0.3, 0.4) is 0 Å². The van der Waals surface area contributed by atoms with Crippen molar-refractivity contribution in [1.29, 1.82) is 0 Å². The predicted octanol–water partition coefficient (Wildman–Crippen LogP) is 7.06. The summed E-state index contributed by atoms with van der Waals surface area (Å²) in [5, 5.41) is 9.70. The van der Waals surface area contributed by atoms with Gasteiger partial charge in [-0.2, -0.15) is 26.3 Å². The number of benzene rings is 4. The van der Waals surface area contributed by atoms with Crippen LogP contribution in [0, 0.1) is 0 Å². The number of hydrogen-bond acceptors (Lipinski definition) is 3. The maximum atomic E-state index is 13.5. The second kappa shape index (κ2) is 10.4. The van der Waals surface area contributed by atoms with Gasteiger partial charge in [0.25, 0.3) is 15.6 Å². The minimum atomic E-state index is -6.07. The first-order chi connectivity index (χ1) is 18.2. The van der Waals surface area contributed by atoms with E-state index in [1.807, 2.05) is 30.3 Å². The number of sulfonamides is 1. The van der Waals surface area contributed by atoms with Crippen molar-refractivity contribution in [3.63, 3.8) is 0 Å². The van der Waals surface area contributed by atoms with E-state index in [0.717, 1.165) is 27.6 Å². The zero-order chi connectivity index (χ0) is 28.5. The summed E-state index contributed by atoms with van der Waals surface area (Å²) in [4.78, 5) is -0.128. The van der Waals surface area contributed by atoms with E-state index in [1.54, 1.807) is 30.3 Å². The quantitative estimate of drug-likeness (QED) is 0.244. The molecule has 4 nitrogen and oxygen atoms in total. The lowest BCUT2D eigenvalue weighted by Crippen LogP contribution is -2.53. The second-order valence-corrected chi connectivity index (χ2v) is 10.5.